The SMILES string of the molecule is CC(=O)/C=C/c1cc2ccccc2cc1C. The van der Waals surface area contributed by atoms with E-state index in [1.807, 2.05) is 18.2 Å². The maximum absolute atomic E-state index is 10.9. The maximum Gasteiger partial charge on any atom is 0.152 e. The molecule has 16 heavy (non-hydrogen) atoms. The van der Waals surface area contributed by atoms with Gasteiger partial charge in [0, 0.05) is 0 Å². The summed E-state index contributed by atoms with van der Waals surface area (Å²) in [4.78, 5) is 10.9. The average Bonchev–Trinajstić information content (AvgIpc) is 2.26. The van der Waals surface area contributed by atoms with E-state index in [1.165, 1.54) is 16.3 Å². The normalized spacial score (nSPS) is 11.1. The molecule has 0 aliphatic heterocycles. The van der Waals surface area contributed by atoms with Crippen LogP contribution in [0.4, 0.5) is 0 Å². The number of fused-ring (bicyclic) bond motifs is 1. The first-order valence-corrected chi connectivity index (χ1v) is 5.35. The van der Waals surface area contributed by atoms with Gasteiger partial charge >= 0.3 is 0 Å². The molecule has 0 bridgehead atoms. The van der Waals surface area contributed by atoms with Crippen LogP contribution in [0.1, 0.15) is 18.1 Å². The molecule has 0 aliphatic carbocycles. The van der Waals surface area contributed by atoms with Crippen molar-refractivity contribution in [1.29, 1.82) is 0 Å². The molecule has 1 heteroatoms. The molecule has 0 spiro atoms. The van der Waals surface area contributed by atoms with Crippen LogP contribution in [0.25, 0.3) is 16.8 Å². The fourth-order valence-electron chi connectivity index (χ4n) is 1.76. The molecule has 0 amide bonds. The summed E-state index contributed by atoms with van der Waals surface area (Å²) in [5, 5.41) is 2.44. The Balaban J connectivity index is 2.54. The summed E-state index contributed by atoms with van der Waals surface area (Å²) >= 11 is 0. The zero-order valence-electron chi connectivity index (χ0n) is 9.53. The predicted octanol–water partition coefficient (Wildman–Crippen LogP) is 3.75. The van der Waals surface area contributed by atoms with E-state index in [1.54, 1.807) is 13.0 Å². The molecule has 2 rings (SSSR count). The standard InChI is InChI=1S/C15H14O/c1-11-9-14-5-3-4-6-15(14)10-13(11)8-7-12(2)16/h3-10H,1-2H3/b8-7+. The van der Waals surface area contributed by atoms with E-state index < -0.39 is 0 Å². The predicted molar refractivity (Wildman–Crippen MR) is 68.4 cm³/mol. The number of allylic oxidation sites excluding steroid dienone is 1. The Morgan fingerprint density at radius 1 is 1.12 bits per heavy atom. The van der Waals surface area contributed by atoms with Gasteiger partial charge in [0.05, 0.1) is 0 Å². The van der Waals surface area contributed by atoms with Crippen LogP contribution < -0.4 is 0 Å². The molecule has 0 N–H and O–H groups in total. The number of ketones is 1. The van der Waals surface area contributed by atoms with E-state index >= 15 is 0 Å². The molecule has 0 fully saturated rings. The second-order valence-corrected chi connectivity index (χ2v) is 4.00. The van der Waals surface area contributed by atoms with Crippen molar-refractivity contribution in [3.8, 4) is 0 Å². The number of hydrogen-bond donors (Lipinski definition) is 0. The number of hydrogen-bond acceptors (Lipinski definition) is 1. The van der Waals surface area contributed by atoms with Crippen molar-refractivity contribution in [3.05, 3.63) is 53.6 Å². The molecule has 0 unspecified atom stereocenters. The summed E-state index contributed by atoms with van der Waals surface area (Å²) in [7, 11) is 0. The van der Waals surface area contributed by atoms with E-state index in [0.29, 0.717) is 0 Å². The number of aryl methyl sites for hydroxylation is 1. The zero-order chi connectivity index (χ0) is 11.5. The summed E-state index contributed by atoms with van der Waals surface area (Å²) in [6.45, 7) is 3.62. The lowest BCUT2D eigenvalue weighted by molar-refractivity contribution is -0.112. The Morgan fingerprint density at radius 2 is 1.75 bits per heavy atom. The quantitative estimate of drug-likeness (QED) is 0.690. The highest BCUT2D eigenvalue weighted by Gasteiger charge is 1.98. The van der Waals surface area contributed by atoms with Crippen molar-refractivity contribution in [2.24, 2.45) is 0 Å². The fraction of sp³-hybridized carbons (Fsp3) is 0.133. The average molecular weight is 210 g/mol. The highest BCUT2D eigenvalue weighted by Crippen LogP contribution is 2.20. The minimum Gasteiger partial charge on any atom is -0.295 e. The Bertz CT molecular complexity index is 565. The van der Waals surface area contributed by atoms with Crippen LogP contribution >= 0.6 is 0 Å². The van der Waals surface area contributed by atoms with Gasteiger partial charge in [-0.15, -0.1) is 0 Å². The Hall–Kier alpha value is -1.89. The van der Waals surface area contributed by atoms with Crippen molar-refractivity contribution in [3.63, 3.8) is 0 Å². The van der Waals surface area contributed by atoms with Crippen molar-refractivity contribution >= 4 is 22.6 Å². The smallest absolute Gasteiger partial charge is 0.152 e. The van der Waals surface area contributed by atoms with Gasteiger partial charge in [0.25, 0.3) is 0 Å². The van der Waals surface area contributed by atoms with E-state index in [0.717, 1.165) is 5.56 Å². The molecule has 0 atom stereocenters. The molecule has 0 saturated heterocycles. The summed E-state index contributed by atoms with van der Waals surface area (Å²) in [6, 6.07) is 12.5. The topological polar surface area (TPSA) is 17.1 Å². The van der Waals surface area contributed by atoms with Crippen LogP contribution in [0.5, 0.6) is 0 Å². The number of carbonyl (C=O) groups is 1. The van der Waals surface area contributed by atoms with E-state index in [2.05, 4.69) is 31.2 Å². The molecule has 0 saturated carbocycles. The Morgan fingerprint density at radius 3 is 2.38 bits per heavy atom. The van der Waals surface area contributed by atoms with Crippen LogP contribution in [0.2, 0.25) is 0 Å². The number of rotatable bonds is 2. The first kappa shape index (κ1) is 10.6. The monoisotopic (exact) mass is 210 g/mol. The van der Waals surface area contributed by atoms with Gasteiger partial charge in [-0.2, -0.15) is 0 Å². The van der Waals surface area contributed by atoms with Crippen molar-refractivity contribution < 1.29 is 4.79 Å². The van der Waals surface area contributed by atoms with Crippen molar-refractivity contribution in [2.75, 3.05) is 0 Å². The van der Waals surface area contributed by atoms with Crippen LogP contribution in [0.15, 0.2) is 42.5 Å². The van der Waals surface area contributed by atoms with Gasteiger partial charge in [-0.05, 0) is 47.9 Å². The molecule has 0 aromatic heterocycles. The zero-order valence-corrected chi connectivity index (χ0v) is 9.53. The van der Waals surface area contributed by atoms with Gasteiger partial charge in [-0.1, -0.05) is 36.4 Å². The molecular formula is C15H14O. The lowest BCUT2D eigenvalue weighted by atomic mass is 10.0. The van der Waals surface area contributed by atoms with Gasteiger partial charge in [0.1, 0.15) is 0 Å². The maximum atomic E-state index is 10.9. The van der Waals surface area contributed by atoms with Gasteiger partial charge in [0.15, 0.2) is 5.78 Å². The minimum absolute atomic E-state index is 0.0764. The third-order valence-corrected chi connectivity index (χ3v) is 2.63. The second-order valence-electron chi connectivity index (χ2n) is 4.00. The lowest BCUT2D eigenvalue weighted by Gasteiger charge is -2.03. The summed E-state index contributed by atoms with van der Waals surface area (Å²) < 4.78 is 0. The molecule has 0 heterocycles. The highest BCUT2D eigenvalue weighted by molar-refractivity contribution is 5.93. The fourth-order valence-corrected chi connectivity index (χ4v) is 1.76. The van der Waals surface area contributed by atoms with E-state index in [-0.39, 0.29) is 5.78 Å². The number of benzene rings is 2. The van der Waals surface area contributed by atoms with Gasteiger partial charge < -0.3 is 0 Å². The largest absolute Gasteiger partial charge is 0.295 e. The Kier molecular flexibility index (Phi) is 2.86. The molecule has 1 nitrogen and oxygen atoms in total. The first-order chi connectivity index (χ1) is 7.66. The summed E-state index contributed by atoms with van der Waals surface area (Å²) in [5.41, 5.74) is 2.30. The molecule has 0 radical (unpaired) electrons. The molecular weight excluding hydrogens is 196 g/mol. The summed E-state index contributed by atoms with van der Waals surface area (Å²) in [5.74, 6) is 0.0764. The van der Waals surface area contributed by atoms with Gasteiger partial charge in [-0.25, -0.2) is 0 Å². The molecule has 2 aromatic carbocycles. The summed E-state index contributed by atoms with van der Waals surface area (Å²) in [6.07, 6.45) is 3.49. The van der Waals surface area contributed by atoms with Gasteiger partial charge in [0.2, 0.25) is 0 Å². The highest BCUT2D eigenvalue weighted by atomic mass is 16.1. The molecule has 0 aliphatic rings. The van der Waals surface area contributed by atoms with Gasteiger partial charge in [-0.3, -0.25) is 4.79 Å². The Labute approximate surface area is 95.4 Å². The second kappa shape index (κ2) is 4.31. The lowest BCUT2D eigenvalue weighted by Crippen LogP contribution is -1.84. The van der Waals surface area contributed by atoms with E-state index in [4.69, 9.17) is 0 Å². The van der Waals surface area contributed by atoms with Crippen LogP contribution in [-0.4, -0.2) is 5.78 Å². The number of carbonyl (C=O) groups excluding carboxylic acids is 1. The van der Waals surface area contributed by atoms with E-state index in [9.17, 15) is 4.79 Å². The third kappa shape index (κ3) is 2.19. The first-order valence-electron chi connectivity index (χ1n) is 5.35. The minimum atomic E-state index is 0.0764. The van der Waals surface area contributed by atoms with Crippen LogP contribution in [0, 0.1) is 6.92 Å². The van der Waals surface area contributed by atoms with Crippen molar-refractivity contribution in [1.82, 2.24) is 0 Å². The van der Waals surface area contributed by atoms with Crippen LogP contribution in [0.3, 0.4) is 0 Å². The van der Waals surface area contributed by atoms with Crippen molar-refractivity contribution in [2.45, 2.75) is 13.8 Å². The third-order valence-electron chi connectivity index (χ3n) is 2.63. The van der Waals surface area contributed by atoms with Crippen LogP contribution in [-0.2, 0) is 4.79 Å². The molecule has 2 aromatic rings. The molecule has 80 valence electrons.